The molecule has 126 valence electrons. The maximum Gasteiger partial charge on any atom is 0.221 e. The molecule has 0 atom stereocenters. The number of hydrogen-bond acceptors (Lipinski definition) is 5. The third-order valence-corrected chi connectivity index (χ3v) is 3.29. The van der Waals surface area contributed by atoms with Crippen molar-refractivity contribution in [1.82, 2.24) is 9.97 Å². The molecule has 2 aromatic rings. The van der Waals surface area contributed by atoms with Gasteiger partial charge in [-0.1, -0.05) is 44.7 Å². The number of rotatable bonds is 4. The lowest BCUT2D eigenvalue weighted by molar-refractivity contribution is 0.350. The number of nitrogens with two attached hydrogens (primary N) is 1. The third-order valence-electron chi connectivity index (χ3n) is 3.29. The zero-order valence-corrected chi connectivity index (χ0v) is 14.5. The predicted molar refractivity (Wildman–Crippen MR) is 97.4 cm³/mol. The first-order valence-corrected chi connectivity index (χ1v) is 7.89. The third kappa shape index (κ3) is 5.56. The summed E-state index contributed by atoms with van der Waals surface area (Å²) in [5.74, 6) is 6.65. The maximum atomic E-state index is 8.76. The Kier molecular flexibility index (Phi) is 5.78. The summed E-state index contributed by atoms with van der Waals surface area (Å²) in [7, 11) is 0. The van der Waals surface area contributed by atoms with Crippen molar-refractivity contribution in [1.29, 1.82) is 0 Å². The molecular weight excluding hydrogens is 300 g/mol. The largest absolute Gasteiger partial charge is 0.384 e. The van der Waals surface area contributed by atoms with Crippen molar-refractivity contribution in [2.24, 2.45) is 5.41 Å². The molecule has 0 aliphatic heterocycles. The molecule has 1 aromatic carbocycles. The van der Waals surface area contributed by atoms with Gasteiger partial charge in [-0.2, -0.15) is 4.98 Å². The van der Waals surface area contributed by atoms with Crippen molar-refractivity contribution in [3.63, 3.8) is 0 Å². The lowest BCUT2D eigenvalue weighted by Crippen LogP contribution is -2.33. The molecule has 0 saturated carbocycles. The number of aromatic nitrogens is 2. The molecular formula is C19H24N4O. The fourth-order valence-electron chi connectivity index (χ4n) is 2.39. The number of benzene rings is 1. The van der Waals surface area contributed by atoms with Crippen molar-refractivity contribution in [3.8, 4) is 11.8 Å². The zero-order valence-electron chi connectivity index (χ0n) is 14.5. The number of anilines is 2. The van der Waals surface area contributed by atoms with E-state index in [4.69, 9.17) is 10.8 Å². The second-order valence-electron chi connectivity index (χ2n) is 6.85. The Hall–Kier alpha value is -2.58. The van der Waals surface area contributed by atoms with Crippen LogP contribution in [0.3, 0.4) is 0 Å². The Bertz CT molecular complexity index is 724. The van der Waals surface area contributed by atoms with Gasteiger partial charge >= 0.3 is 0 Å². The van der Waals surface area contributed by atoms with E-state index in [1.807, 2.05) is 30.3 Å². The smallest absolute Gasteiger partial charge is 0.221 e. The number of aliphatic hydroxyl groups excluding tert-OH is 1. The van der Waals surface area contributed by atoms with Crippen LogP contribution in [0.2, 0.25) is 0 Å². The highest BCUT2D eigenvalue weighted by Crippen LogP contribution is 2.22. The molecule has 1 aromatic heterocycles. The van der Waals surface area contributed by atoms with Crippen LogP contribution in [-0.2, 0) is 6.54 Å². The van der Waals surface area contributed by atoms with E-state index in [1.165, 1.54) is 0 Å². The summed E-state index contributed by atoms with van der Waals surface area (Å²) in [6.45, 7) is 8.02. The van der Waals surface area contributed by atoms with E-state index in [2.05, 4.69) is 47.5 Å². The molecule has 0 fully saturated rings. The van der Waals surface area contributed by atoms with Crippen LogP contribution < -0.4 is 10.6 Å². The monoisotopic (exact) mass is 324 g/mol. The van der Waals surface area contributed by atoms with Gasteiger partial charge in [-0.15, -0.1) is 0 Å². The molecule has 24 heavy (non-hydrogen) atoms. The molecule has 3 N–H and O–H groups in total. The van der Waals surface area contributed by atoms with Crippen LogP contribution in [-0.4, -0.2) is 28.2 Å². The molecule has 2 rings (SSSR count). The van der Waals surface area contributed by atoms with Gasteiger partial charge in [0.1, 0.15) is 12.4 Å². The van der Waals surface area contributed by atoms with E-state index in [0.717, 1.165) is 30.0 Å². The number of nitrogens with zero attached hydrogens (tertiary/aromatic N) is 3. The van der Waals surface area contributed by atoms with Crippen LogP contribution in [0.5, 0.6) is 0 Å². The van der Waals surface area contributed by atoms with Gasteiger partial charge in [0.05, 0.1) is 0 Å². The van der Waals surface area contributed by atoms with E-state index in [1.54, 1.807) is 6.20 Å². The average Bonchev–Trinajstić information content (AvgIpc) is 2.52. The minimum atomic E-state index is -0.129. The van der Waals surface area contributed by atoms with E-state index >= 15 is 0 Å². The summed E-state index contributed by atoms with van der Waals surface area (Å²) < 4.78 is 0. The van der Waals surface area contributed by atoms with Gasteiger partial charge in [0, 0.05) is 24.8 Å². The van der Waals surface area contributed by atoms with E-state index in [-0.39, 0.29) is 18.0 Å². The zero-order chi connectivity index (χ0) is 17.6. The summed E-state index contributed by atoms with van der Waals surface area (Å²) in [6.07, 6.45) is 1.68. The summed E-state index contributed by atoms with van der Waals surface area (Å²) in [5, 5.41) is 8.76. The lowest BCUT2D eigenvalue weighted by Gasteiger charge is -2.31. The Balaban J connectivity index is 2.21. The Labute approximate surface area is 143 Å². The van der Waals surface area contributed by atoms with Crippen LogP contribution in [0.25, 0.3) is 0 Å². The Morgan fingerprint density at radius 1 is 1.17 bits per heavy atom. The summed E-state index contributed by atoms with van der Waals surface area (Å²) in [6, 6.07) is 9.88. The minimum absolute atomic E-state index is 0.117. The van der Waals surface area contributed by atoms with Crippen molar-refractivity contribution in [3.05, 3.63) is 47.7 Å². The van der Waals surface area contributed by atoms with Crippen LogP contribution in [0.15, 0.2) is 36.5 Å². The molecule has 1 heterocycles. The topological polar surface area (TPSA) is 75.3 Å². The molecule has 5 heteroatoms. The van der Waals surface area contributed by atoms with E-state index in [9.17, 15) is 0 Å². The molecule has 0 saturated heterocycles. The van der Waals surface area contributed by atoms with Gasteiger partial charge in [-0.05, 0) is 29.2 Å². The lowest BCUT2D eigenvalue weighted by atomic mass is 9.95. The highest BCUT2D eigenvalue weighted by atomic mass is 16.2. The van der Waals surface area contributed by atoms with Gasteiger partial charge in [0.15, 0.2) is 0 Å². The molecule has 0 bridgehead atoms. The van der Waals surface area contributed by atoms with Gasteiger partial charge in [0.25, 0.3) is 0 Å². The molecule has 0 radical (unpaired) electrons. The SMILES string of the molecule is CC(C)(C)CN(Cc1ccc(C#CCO)cc1)c1ccnc(N)n1. The van der Waals surface area contributed by atoms with Gasteiger partial charge in [-0.25, -0.2) is 4.98 Å². The van der Waals surface area contributed by atoms with Crippen molar-refractivity contribution in [2.45, 2.75) is 27.3 Å². The second kappa shape index (κ2) is 7.80. The van der Waals surface area contributed by atoms with Crippen LogP contribution in [0.4, 0.5) is 11.8 Å². The molecule has 0 amide bonds. The maximum absolute atomic E-state index is 8.76. The quantitative estimate of drug-likeness (QED) is 0.845. The van der Waals surface area contributed by atoms with Crippen molar-refractivity contribution in [2.75, 3.05) is 23.8 Å². The summed E-state index contributed by atoms with van der Waals surface area (Å²) in [4.78, 5) is 10.5. The fourth-order valence-corrected chi connectivity index (χ4v) is 2.39. The van der Waals surface area contributed by atoms with Crippen LogP contribution >= 0.6 is 0 Å². The highest BCUT2D eigenvalue weighted by molar-refractivity contribution is 5.43. The number of hydrogen-bond donors (Lipinski definition) is 2. The standard InChI is InChI=1S/C19H24N4O/c1-19(2,3)14-23(17-10-11-21-18(20)22-17)13-16-8-6-15(7-9-16)5-4-12-24/h6-11,24H,12-14H2,1-3H3,(H2,20,21,22). The molecule has 0 aliphatic carbocycles. The fraction of sp³-hybridized carbons (Fsp3) is 0.368. The van der Waals surface area contributed by atoms with Gasteiger partial charge in [0.2, 0.25) is 5.95 Å². The Morgan fingerprint density at radius 3 is 2.46 bits per heavy atom. The van der Waals surface area contributed by atoms with Gasteiger partial charge in [-0.3, -0.25) is 0 Å². The molecule has 5 nitrogen and oxygen atoms in total. The molecule has 0 unspecified atom stereocenters. The summed E-state index contributed by atoms with van der Waals surface area (Å²) in [5.41, 5.74) is 7.90. The molecule has 0 aliphatic rings. The van der Waals surface area contributed by atoms with Gasteiger partial charge < -0.3 is 15.7 Å². The minimum Gasteiger partial charge on any atom is -0.384 e. The first kappa shape index (κ1) is 17.8. The normalized spacial score (nSPS) is 10.8. The highest BCUT2D eigenvalue weighted by Gasteiger charge is 2.18. The predicted octanol–water partition coefficient (Wildman–Crippen LogP) is 2.46. The number of aliphatic hydroxyl groups is 1. The number of nitrogen functional groups attached to an aromatic ring is 1. The summed E-state index contributed by atoms with van der Waals surface area (Å²) >= 11 is 0. The van der Waals surface area contributed by atoms with Crippen molar-refractivity contribution < 1.29 is 5.11 Å². The van der Waals surface area contributed by atoms with Crippen LogP contribution in [0.1, 0.15) is 31.9 Å². The first-order chi connectivity index (χ1) is 11.4. The Morgan fingerprint density at radius 2 is 1.88 bits per heavy atom. The first-order valence-electron chi connectivity index (χ1n) is 7.89. The van der Waals surface area contributed by atoms with Crippen molar-refractivity contribution >= 4 is 11.8 Å². The average molecular weight is 324 g/mol. The second-order valence-corrected chi connectivity index (χ2v) is 6.85. The molecule has 0 spiro atoms. The van der Waals surface area contributed by atoms with E-state index in [0.29, 0.717) is 0 Å². The van der Waals surface area contributed by atoms with Crippen LogP contribution in [0, 0.1) is 17.3 Å². The van der Waals surface area contributed by atoms with E-state index < -0.39 is 0 Å².